The number of para-hydroxylation sites is 2. The van der Waals surface area contributed by atoms with Gasteiger partial charge in [0.2, 0.25) is 0 Å². The minimum Gasteiger partial charge on any atom is -0.456 e. The fraction of sp³-hybridized carbons (Fsp3) is 0.0417. The van der Waals surface area contributed by atoms with Gasteiger partial charge in [0, 0.05) is 33.5 Å². The molecule has 0 fully saturated rings. The van der Waals surface area contributed by atoms with Crippen LogP contribution in [0.4, 0.5) is 0 Å². The van der Waals surface area contributed by atoms with E-state index in [1.807, 2.05) is 0 Å². The number of hydrogen-bond acceptors (Lipinski definition) is 1. The molecule has 2 nitrogen and oxygen atoms in total. The molecule has 2 aliphatic carbocycles. The molecule has 0 saturated heterocycles. The van der Waals surface area contributed by atoms with Gasteiger partial charge in [0.05, 0.1) is 11.0 Å². The van der Waals surface area contributed by atoms with Crippen LogP contribution in [0.3, 0.4) is 0 Å². The van der Waals surface area contributed by atoms with Crippen molar-refractivity contribution in [1.82, 2.24) is 4.57 Å². The van der Waals surface area contributed by atoms with Gasteiger partial charge in [-0.05, 0) is 87.8 Å². The summed E-state index contributed by atoms with van der Waals surface area (Å²) in [5.41, 5.74) is 14.8. The zero-order chi connectivity index (χ0) is 33.0. The van der Waals surface area contributed by atoms with Gasteiger partial charge in [-0.2, -0.15) is 0 Å². The molecule has 2 aromatic heterocycles. The van der Waals surface area contributed by atoms with Crippen LogP contribution in [-0.4, -0.2) is 4.57 Å². The van der Waals surface area contributed by atoms with Gasteiger partial charge < -0.3 is 8.98 Å². The summed E-state index contributed by atoms with van der Waals surface area (Å²) < 4.78 is 8.76. The van der Waals surface area contributed by atoms with Crippen LogP contribution in [0.15, 0.2) is 186 Å². The Labute approximate surface area is 291 Å². The zero-order valence-corrected chi connectivity index (χ0v) is 27.5. The second-order valence-electron chi connectivity index (χ2n) is 13.3. The molecule has 2 aliphatic rings. The molecule has 1 unspecified atom stereocenters. The summed E-state index contributed by atoms with van der Waals surface area (Å²) in [5, 5.41) is 2.51. The number of hydrogen-bond donors (Lipinski definition) is 0. The van der Waals surface area contributed by atoms with Crippen molar-refractivity contribution in [3.05, 3.63) is 198 Å². The average Bonchev–Trinajstić information content (AvgIpc) is 3.82. The number of rotatable bonds is 5. The average molecular weight is 640 g/mol. The van der Waals surface area contributed by atoms with Gasteiger partial charge in [-0.15, -0.1) is 0 Å². The molecule has 8 aromatic rings. The Bertz CT molecular complexity index is 2640. The predicted octanol–water partition coefficient (Wildman–Crippen LogP) is 12.9. The lowest BCUT2D eigenvalue weighted by molar-refractivity contribution is 0.597. The predicted molar refractivity (Wildman–Crippen MR) is 208 cm³/mol. The fourth-order valence-electron chi connectivity index (χ4n) is 7.87. The van der Waals surface area contributed by atoms with E-state index in [1.165, 1.54) is 66.5 Å². The molecular weight excluding hydrogens is 607 g/mol. The Morgan fingerprint density at radius 2 is 1.14 bits per heavy atom. The van der Waals surface area contributed by atoms with Crippen LogP contribution in [0.25, 0.3) is 72.9 Å². The van der Waals surface area contributed by atoms with Gasteiger partial charge in [0.15, 0.2) is 0 Å². The first-order valence-electron chi connectivity index (χ1n) is 17.4. The largest absolute Gasteiger partial charge is 0.456 e. The van der Waals surface area contributed by atoms with Crippen molar-refractivity contribution >= 4 is 33.5 Å². The first-order chi connectivity index (χ1) is 24.8. The highest BCUT2D eigenvalue weighted by Gasteiger charge is 2.23. The lowest BCUT2D eigenvalue weighted by atomic mass is 9.77. The molecule has 0 amide bonds. The van der Waals surface area contributed by atoms with Gasteiger partial charge in [-0.25, -0.2) is 0 Å². The third kappa shape index (κ3) is 4.80. The summed E-state index contributed by atoms with van der Waals surface area (Å²) in [6.45, 7) is 0. The van der Waals surface area contributed by atoms with E-state index in [9.17, 15) is 0 Å². The second kappa shape index (κ2) is 11.6. The number of nitrogens with zero attached hydrogens (tertiary/aromatic N) is 1. The number of aromatic nitrogens is 1. The minimum atomic E-state index is 0.451. The topological polar surface area (TPSA) is 18.1 Å². The second-order valence-corrected chi connectivity index (χ2v) is 13.3. The van der Waals surface area contributed by atoms with Crippen LogP contribution >= 0.6 is 0 Å². The maximum Gasteiger partial charge on any atom is 0.134 e. The molecule has 0 aliphatic heterocycles. The minimum absolute atomic E-state index is 0.451. The number of furan rings is 1. The number of allylic oxidation sites excluding steroid dienone is 5. The molecule has 10 rings (SSSR count). The summed E-state index contributed by atoms with van der Waals surface area (Å²) in [6, 6.07) is 56.4. The van der Waals surface area contributed by atoms with Crippen molar-refractivity contribution in [3.8, 4) is 39.5 Å². The van der Waals surface area contributed by atoms with Crippen LogP contribution in [0.5, 0.6) is 0 Å². The Morgan fingerprint density at radius 1 is 0.500 bits per heavy atom. The Kier molecular flexibility index (Phi) is 6.67. The van der Waals surface area contributed by atoms with Crippen molar-refractivity contribution < 1.29 is 4.42 Å². The van der Waals surface area contributed by atoms with Gasteiger partial charge in [-0.1, -0.05) is 140 Å². The highest BCUT2D eigenvalue weighted by atomic mass is 16.3. The van der Waals surface area contributed by atoms with Gasteiger partial charge in [-0.3, -0.25) is 0 Å². The van der Waals surface area contributed by atoms with Crippen molar-refractivity contribution in [2.45, 2.75) is 12.3 Å². The summed E-state index contributed by atoms with van der Waals surface area (Å²) in [4.78, 5) is 0. The molecular formula is C48H33NO. The van der Waals surface area contributed by atoms with E-state index < -0.39 is 0 Å². The van der Waals surface area contributed by atoms with E-state index in [-0.39, 0.29) is 0 Å². The molecule has 0 saturated carbocycles. The van der Waals surface area contributed by atoms with Crippen molar-refractivity contribution in [1.29, 1.82) is 0 Å². The van der Waals surface area contributed by atoms with E-state index in [0.29, 0.717) is 5.92 Å². The van der Waals surface area contributed by atoms with E-state index in [4.69, 9.17) is 4.42 Å². The fourth-order valence-corrected chi connectivity index (χ4v) is 7.87. The van der Waals surface area contributed by atoms with E-state index in [0.717, 1.165) is 29.1 Å². The summed E-state index contributed by atoms with van der Waals surface area (Å²) in [5.74, 6) is 2.19. The van der Waals surface area contributed by atoms with E-state index >= 15 is 0 Å². The molecule has 2 heteroatoms. The maximum absolute atomic E-state index is 6.40. The molecule has 0 spiro atoms. The SMILES string of the molecule is C1=Cc2ccccc2C2CC=C(c3ccc(-c4ccc(-c5ccc(-c6ccc7c(c6)c6ccccc6n7-c6ccccc6)cc5)o4)cc3)C=C12. The lowest BCUT2D eigenvalue weighted by Crippen LogP contribution is -2.09. The molecule has 0 bridgehead atoms. The van der Waals surface area contributed by atoms with Crippen LogP contribution < -0.4 is 0 Å². The van der Waals surface area contributed by atoms with Gasteiger partial charge in [0.25, 0.3) is 0 Å². The normalized spacial score (nSPS) is 15.1. The third-order valence-corrected chi connectivity index (χ3v) is 10.4. The van der Waals surface area contributed by atoms with Crippen LogP contribution in [-0.2, 0) is 0 Å². The summed E-state index contributed by atoms with van der Waals surface area (Å²) in [7, 11) is 0. The lowest BCUT2D eigenvalue weighted by Gasteiger charge is -2.27. The Balaban J connectivity index is 0.891. The summed E-state index contributed by atoms with van der Waals surface area (Å²) in [6.07, 6.45) is 10.3. The quantitative estimate of drug-likeness (QED) is 0.183. The highest BCUT2D eigenvalue weighted by Crippen LogP contribution is 2.42. The van der Waals surface area contributed by atoms with Crippen LogP contribution in [0.1, 0.15) is 29.0 Å². The smallest absolute Gasteiger partial charge is 0.134 e. The first-order valence-corrected chi connectivity index (χ1v) is 17.4. The monoisotopic (exact) mass is 639 g/mol. The van der Waals surface area contributed by atoms with Crippen molar-refractivity contribution in [3.63, 3.8) is 0 Å². The van der Waals surface area contributed by atoms with Crippen LogP contribution in [0.2, 0.25) is 0 Å². The van der Waals surface area contributed by atoms with Gasteiger partial charge >= 0.3 is 0 Å². The molecule has 6 aromatic carbocycles. The molecule has 2 heterocycles. The van der Waals surface area contributed by atoms with Crippen LogP contribution in [0, 0.1) is 0 Å². The molecule has 0 radical (unpaired) electrons. The summed E-state index contributed by atoms with van der Waals surface area (Å²) >= 11 is 0. The van der Waals surface area contributed by atoms with E-state index in [2.05, 4.69) is 187 Å². The van der Waals surface area contributed by atoms with Gasteiger partial charge in [0.1, 0.15) is 11.5 Å². The highest BCUT2D eigenvalue weighted by molar-refractivity contribution is 6.10. The molecule has 236 valence electrons. The Morgan fingerprint density at radius 3 is 1.94 bits per heavy atom. The Hall–Kier alpha value is -6.38. The standard InChI is InChI=1S/C48H33NO/c1-2-9-40(10-3-1)49-45-13-7-6-12-43(45)44-31-38(25-27-46(44)49)33-16-21-36(22-17-33)48-29-28-47(50-48)35-19-14-32(15-20-35)37-24-26-42-39(30-37)23-18-34-8-4-5-11-41(34)42/h1-25,27-31,42H,26H2. The number of fused-ring (bicyclic) bond motifs is 6. The maximum atomic E-state index is 6.40. The third-order valence-electron chi connectivity index (χ3n) is 10.4. The molecule has 50 heavy (non-hydrogen) atoms. The first kappa shape index (κ1) is 28.6. The molecule has 1 atom stereocenters. The van der Waals surface area contributed by atoms with Crippen molar-refractivity contribution in [2.24, 2.45) is 0 Å². The van der Waals surface area contributed by atoms with E-state index in [1.54, 1.807) is 0 Å². The zero-order valence-electron chi connectivity index (χ0n) is 27.5. The molecule has 0 N–H and O–H groups in total. The van der Waals surface area contributed by atoms with Crippen molar-refractivity contribution in [2.75, 3.05) is 0 Å². The number of benzene rings is 6.